The van der Waals surface area contributed by atoms with Gasteiger partial charge in [0.15, 0.2) is 0 Å². The van der Waals surface area contributed by atoms with Crippen LogP contribution in [-0.2, 0) is 22.5 Å². The predicted molar refractivity (Wildman–Crippen MR) is 117 cm³/mol. The molecule has 1 aliphatic heterocycles. The molecule has 2 atom stereocenters. The van der Waals surface area contributed by atoms with E-state index in [0.29, 0.717) is 6.42 Å². The summed E-state index contributed by atoms with van der Waals surface area (Å²) < 4.78 is 5.70. The van der Waals surface area contributed by atoms with Crippen LogP contribution in [0.5, 0.6) is 0 Å². The second-order valence-electron chi connectivity index (χ2n) is 8.23. The van der Waals surface area contributed by atoms with Crippen LogP contribution >= 0.6 is 0 Å². The van der Waals surface area contributed by atoms with Gasteiger partial charge in [-0.3, -0.25) is 9.69 Å². The molecule has 1 aromatic heterocycles. The summed E-state index contributed by atoms with van der Waals surface area (Å²) in [7, 11) is 0. The lowest BCUT2D eigenvalue weighted by Crippen LogP contribution is -2.48. The number of aromatic nitrogens is 1. The highest BCUT2D eigenvalue weighted by atomic mass is 16.5. The maximum Gasteiger partial charge on any atom is 0.323 e. The molecule has 0 fully saturated rings. The van der Waals surface area contributed by atoms with Gasteiger partial charge < -0.3 is 9.72 Å². The fourth-order valence-corrected chi connectivity index (χ4v) is 4.55. The number of hydrogen-bond donors (Lipinski definition) is 1. The Hall–Kier alpha value is -2.59. The molecule has 0 saturated heterocycles. The van der Waals surface area contributed by atoms with Gasteiger partial charge in [-0.15, -0.1) is 0 Å². The highest BCUT2D eigenvalue weighted by Gasteiger charge is 2.40. The number of para-hydroxylation sites is 1. The second-order valence-corrected chi connectivity index (χ2v) is 8.23. The summed E-state index contributed by atoms with van der Waals surface area (Å²) in [5.41, 5.74) is 4.90. The zero-order chi connectivity index (χ0) is 20.4. The first-order valence-corrected chi connectivity index (χ1v) is 10.7. The van der Waals surface area contributed by atoms with Crippen LogP contribution in [0.15, 0.2) is 54.6 Å². The van der Waals surface area contributed by atoms with Crippen molar-refractivity contribution >= 4 is 16.9 Å². The number of esters is 1. The van der Waals surface area contributed by atoms with Gasteiger partial charge in [-0.25, -0.2) is 0 Å². The van der Waals surface area contributed by atoms with Crippen molar-refractivity contribution in [2.75, 3.05) is 0 Å². The number of rotatable bonds is 6. The number of carbonyl (C=O) groups excluding carboxylic acids is 1. The first-order chi connectivity index (χ1) is 14.1. The minimum absolute atomic E-state index is 0.116. The topological polar surface area (TPSA) is 45.3 Å². The molecule has 0 amide bonds. The maximum atomic E-state index is 13.2. The molecular formula is C25H30N2O2. The van der Waals surface area contributed by atoms with E-state index in [-0.39, 0.29) is 24.2 Å². The van der Waals surface area contributed by atoms with Crippen LogP contribution in [0.1, 0.15) is 56.5 Å². The first kappa shape index (κ1) is 19.7. The number of benzene rings is 2. The van der Waals surface area contributed by atoms with Gasteiger partial charge in [0, 0.05) is 29.6 Å². The molecule has 2 aromatic carbocycles. The minimum Gasteiger partial charge on any atom is -0.462 e. The van der Waals surface area contributed by atoms with Crippen molar-refractivity contribution in [2.45, 2.75) is 64.8 Å². The maximum absolute atomic E-state index is 13.2. The minimum atomic E-state index is -0.277. The molecule has 4 nitrogen and oxygen atoms in total. The van der Waals surface area contributed by atoms with E-state index in [1.807, 2.05) is 19.9 Å². The Morgan fingerprint density at radius 3 is 2.59 bits per heavy atom. The number of H-pyrrole nitrogens is 1. The van der Waals surface area contributed by atoms with E-state index in [4.69, 9.17) is 4.74 Å². The summed E-state index contributed by atoms with van der Waals surface area (Å²) >= 11 is 0. The molecule has 2 heterocycles. The molecule has 4 rings (SSSR count). The molecule has 29 heavy (non-hydrogen) atoms. The van der Waals surface area contributed by atoms with Crippen LogP contribution in [0.25, 0.3) is 10.9 Å². The normalized spacial score (nSPS) is 19.4. The summed E-state index contributed by atoms with van der Waals surface area (Å²) in [6, 6.07) is 18.7. The van der Waals surface area contributed by atoms with E-state index >= 15 is 0 Å². The van der Waals surface area contributed by atoms with Gasteiger partial charge in [-0.1, -0.05) is 61.9 Å². The molecule has 152 valence electrons. The molecule has 0 radical (unpaired) electrons. The molecular weight excluding hydrogens is 360 g/mol. The van der Waals surface area contributed by atoms with Gasteiger partial charge in [0.25, 0.3) is 0 Å². The highest BCUT2D eigenvalue weighted by Crippen LogP contribution is 2.40. The van der Waals surface area contributed by atoms with Crippen LogP contribution in [-0.4, -0.2) is 28.0 Å². The Bertz CT molecular complexity index is 977. The lowest BCUT2D eigenvalue weighted by atomic mass is 9.89. The van der Waals surface area contributed by atoms with Crippen molar-refractivity contribution in [3.05, 3.63) is 71.4 Å². The zero-order valence-electron chi connectivity index (χ0n) is 17.5. The van der Waals surface area contributed by atoms with Gasteiger partial charge in [0.1, 0.15) is 6.04 Å². The molecule has 0 unspecified atom stereocenters. The quantitative estimate of drug-likeness (QED) is 0.574. The van der Waals surface area contributed by atoms with Crippen LogP contribution in [0.3, 0.4) is 0 Å². The van der Waals surface area contributed by atoms with Gasteiger partial charge >= 0.3 is 5.97 Å². The van der Waals surface area contributed by atoms with Gasteiger partial charge in [0.2, 0.25) is 0 Å². The molecule has 0 saturated carbocycles. The fraction of sp³-hybridized carbons (Fsp3) is 0.400. The van der Waals surface area contributed by atoms with Gasteiger partial charge in [-0.2, -0.15) is 0 Å². The molecule has 3 aromatic rings. The molecule has 0 spiro atoms. The van der Waals surface area contributed by atoms with Crippen molar-refractivity contribution in [3.63, 3.8) is 0 Å². The lowest BCUT2D eigenvalue weighted by Gasteiger charge is -2.41. The summed E-state index contributed by atoms with van der Waals surface area (Å²) in [6.45, 7) is 6.78. The fourth-order valence-electron chi connectivity index (χ4n) is 4.55. The van der Waals surface area contributed by atoms with E-state index < -0.39 is 0 Å². The number of aromatic amines is 1. The third-order valence-corrected chi connectivity index (χ3v) is 5.77. The van der Waals surface area contributed by atoms with E-state index in [9.17, 15) is 4.79 Å². The van der Waals surface area contributed by atoms with Crippen LogP contribution in [0.4, 0.5) is 0 Å². The third-order valence-electron chi connectivity index (χ3n) is 5.77. The van der Waals surface area contributed by atoms with Crippen molar-refractivity contribution in [1.29, 1.82) is 0 Å². The average molecular weight is 391 g/mol. The molecule has 4 heteroatoms. The van der Waals surface area contributed by atoms with Crippen molar-refractivity contribution < 1.29 is 9.53 Å². The number of nitrogens with zero attached hydrogens (tertiary/aromatic N) is 1. The predicted octanol–water partition coefficient (Wildman–Crippen LogP) is 5.39. The summed E-state index contributed by atoms with van der Waals surface area (Å²) in [5.74, 6) is -0.118. The largest absolute Gasteiger partial charge is 0.462 e. The van der Waals surface area contributed by atoms with E-state index in [2.05, 4.69) is 65.3 Å². The SMILES string of the molecule is CCC[C@@H]1c2[nH]c3ccccc3c2C[C@H](C(=O)OC(C)C)N1Cc1ccccc1. The third kappa shape index (κ3) is 3.95. The standard InChI is InChI=1S/C25H30N2O2/c1-4-10-22-24-20(19-13-8-9-14-21(19)26-24)15-23(25(28)29-17(2)3)27(22)16-18-11-6-5-7-12-18/h5-9,11-14,17,22-23,26H,4,10,15-16H2,1-3H3/t22-,23-/m1/s1. The molecule has 0 aliphatic carbocycles. The van der Waals surface area contributed by atoms with Gasteiger partial charge in [-0.05, 0) is 37.5 Å². The van der Waals surface area contributed by atoms with E-state index in [1.165, 1.54) is 22.2 Å². The Kier molecular flexibility index (Phi) is 5.72. The van der Waals surface area contributed by atoms with Crippen molar-refractivity contribution in [3.8, 4) is 0 Å². The van der Waals surface area contributed by atoms with E-state index in [0.717, 1.165) is 24.9 Å². The lowest BCUT2D eigenvalue weighted by molar-refractivity contribution is -0.156. The van der Waals surface area contributed by atoms with Gasteiger partial charge in [0.05, 0.1) is 12.1 Å². The first-order valence-electron chi connectivity index (χ1n) is 10.7. The van der Waals surface area contributed by atoms with Crippen molar-refractivity contribution in [2.24, 2.45) is 0 Å². The zero-order valence-corrected chi connectivity index (χ0v) is 17.5. The molecule has 0 bridgehead atoms. The average Bonchev–Trinajstić information content (AvgIpc) is 3.08. The second kappa shape index (κ2) is 8.42. The smallest absolute Gasteiger partial charge is 0.323 e. The van der Waals surface area contributed by atoms with Crippen LogP contribution in [0, 0.1) is 0 Å². The van der Waals surface area contributed by atoms with Crippen molar-refractivity contribution in [1.82, 2.24) is 9.88 Å². The monoisotopic (exact) mass is 390 g/mol. The summed E-state index contributed by atoms with van der Waals surface area (Å²) in [6.07, 6.45) is 2.61. The Labute approximate surface area is 172 Å². The Balaban J connectivity index is 1.80. The molecule has 1 aliphatic rings. The number of nitrogens with one attached hydrogen (secondary N) is 1. The Morgan fingerprint density at radius 2 is 1.86 bits per heavy atom. The Morgan fingerprint density at radius 1 is 1.14 bits per heavy atom. The number of hydrogen-bond acceptors (Lipinski definition) is 3. The number of fused-ring (bicyclic) bond motifs is 3. The summed E-state index contributed by atoms with van der Waals surface area (Å²) in [5, 5.41) is 1.23. The van der Waals surface area contributed by atoms with Crippen LogP contribution < -0.4 is 0 Å². The highest BCUT2D eigenvalue weighted by molar-refractivity contribution is 5.87. The molecule has 1 N–H and O–H groups in total. The number of ether oxygens (including phenoxy) is 1. The summed E-state index contributed by atoms with van der Waals surface area (Å²) in [4.78, 5) is 19.2. The number of carbonyl (C=O) groups is 1. The van der Waals surface area contributed by atoms with Crippen LogP contribution in [0.2, 0.25) is 0 Å². The van der Waals surface area contributed by atoms with E-state index in [1.54, 1.807) is 0 Å².